The Bertz CT molecular complexity index is 1020. The number of carbonyl (C=O) groups excluding carboxylic acids is 1. The monoisotopic (exact) mass is 403 g/mol. The largest absolute Gasteiger partial charge is 0.417 e. The Kier molecular flexibility index (Phi) is 4.89. The van der Waals surface area contributed by atoms with E-state index < -0.39 is 11.7 Å². The molecular weight excluding hydrogens is 383 g/mol. The molecule has 1 aliphatic rings. The number of piperidine rings is 1. The molecule has 4 rings (SSSR count). The molecule has 29 heavy (non-hydrogen) atoms. The fourth-order valence-corrected chi connectivity index (χ4v) is 3.51. The molecular formula is C20H20F3N5O. The lowest BCUT2D eigenvalue weighted by Crippen LogP contribution is -2.45. The van der Waals surface area contributed by atoms with Gasteiger partial charge in [0, 0.05) is 37.2 Å². The first kappa shape index (κ1) is 19.2. The molecule has 1 N–H and O–H groups in total. The Morgan fingerprint density at radius 2 is 1.93 bits per heavy atom. The predicted octanol–water partition coefficient (Wildman–Crippen LogP) is 3.46. The van der Waals surface area contributed by atoms with Gasteiger partial charge in [-0.25, -0.2) is 9.97 Å². The average molecular weight is 403 g/mol. The van der Waals surface area contributed by atoms with Crippen molar-refractivity contribution in [2.24, 2.45) is 0 Å². The minimum absolute atomic E-state index is 0.0147. The number of pyridine rings is 2. The van der Waals surface area contributed by atoms with Gasteiger partial charge in [-0.3, -0.25) is 4.79 Å². The van der Waals surface area contributed by atoms with Gasteiger partial charge >= 0.3 is 6.18 Å². The summed E-state index contributed by atoms with van der Waals surface area (Å²) in [5.74, 6) is 0.290. The third-order valence-electron chi connectivity index (χ3n) is 5.16. The molecule has 6 nitrogen and oxygen atoms in total. The van der Waals surface area contributed by atoms with Crippen LogP contribution in [0.3, 0.4) is 0 Å². The number of aryl methyl sites for hydroxylation is 1. The lowest BCUT2D eigenvalue weighted by atomic mass is 10.0. The quantitative estimate of drug-likeness (QED) is 0.728. The normalized spacial score (nSPS) is 15.7. The van der Waals surface area contributed by atoms with Crippen LogP contribution in [0.4, 0.5) is 19.0 Å². The molecule has 1 saturated heterocycles. The van der Waals surface area contributed by atoms with Gasteiger partial charge in [0.1, 0.15) is 17.2 Å². The van der Waals surface area contributed by atoms with Crippen LogP contribution in [0.15, 0.2) is 42.7 Å². The van der Waals surface area contributed by atoms with Gasteiger partial charge in [-0.15, -0.1) is 0 Å². The number of nitrogens with zero attached hydrogens (tertiary/aromatic N) is 4. The van der Waals surface area contributed by atoms with Crippen LogP contribution in [-0.4, -0.2) is 39.4 Å². The van der Waals surface area contributed by atoms with Gasteiger partial charge < -0.3 is 14.6 Å². The molecule has 0 aromatic carbocycles. The molecule has 0 radical (unpaired) electrons. The van der Waals surface area contributed by atoms with Gasteiger partial charge in [-0.2, -0.15) is 13.2 Å². The number of alkyl halides is 3. The van der Waals surface area contributed by atoms with Crippen LogP contribution in [0.1, 0.15) is 34.6 Å². The number of anilines is 1. The summed E-state index contributed by atoms with van der Waals surface area (Å²) in [5, 5.41) is 3.01. The van der Waals surface area contributed by atoms with Crippen molar-refractivity contribution in [2.45, 2.75) is 32.0 Å². The highest BCUT2D eigenvalue weighted by molar-refractivity contribution is 5.93. The van der Waals surface area contributed by atoms with Crippen LogP contribution in [-0.2, 0) is 6.18 Å². The maximum atomic E-state index is 12.7. The van der Waals surface area contributed by atoms with Gasteiger partial charge in [-0.05, 0) is 44.0 Å². The molecule has 1 fully saturated rings. The molecule has 1 amide bonds. The number of fused-ring (bicyclic) bond motifs is 1. The van der Waals surface area contributed by atoms with E-state index in [4.69, 9.17) is 0 Å². The maximum absolute atomic E-state index is 12.7. The zero-order chi connectivity index (χ0) is 20.6. The molecule has 152 valence electrons. The number of nitrogens with one attached hydrogen (secondary N) is 1. The number of imidazole rings is 1. The number of amides is 1. The Morgan fingerprint density at radius 1 is 1.17 bits per heavy atom. The van der Waals surface area contributed by atoms with Crippen molar-refractivity contribution >= 4 is 17.4 Å². The number of aromatic nitrogens is 3. The first-order valence-electron chi connectivity index (χ1n) is 9.35. The molecule has 0 saturated carbocycles. The number of hydrogen-bond acceptors (Lipinski definition) is 4. The van der Waals surface area contributed by atoms with E-state index in [0.29, 0.717) is 37.4 Å². The van der Waals surface area contributed by atoms with E-state index in [9.17, 15) is 18.0 Å². The zero-order valence-corrected chi connectivity index (χ0v) is 15.8. The minimum atomic E-state index is -4.39. The SMILES string of the molecule is Cc1cccc2nc(C(=O)NC3CCN(c4ccc(C(F)(F)F)cn4)CC3)cn12. The smallest absolute Gasteiger partial charge is 0.356 e. The van der Waals surface area contributed by atoms with Crippen molar-refractivity contribution in [3.05, 3.63) is 59.7 Å². The number of hydrogen-bond donors (Lipinski definition) is 1. The van der Waals surface area contributed by atoms with E-state index in [1.807, 2.05) is 34.4 Å². The molecule has 0 spiro atoms. The van der Waals surface area contributed by atoms with Crippen molar-refractivity contribution in [1.82, 2.24) is 19.7 Å². The van der Waals surface area contributed by atoms with Gasteiger partial charge in [0.2, 0.25) is 0 Å². The number of carbonyl (C=O) groups is 1. The topological polar surface area (TPSA) is 62.5 Å². The van der Waals surface area contributed by atoms with E-state index in [1.54, 1.807) is 6.20 Å². The second kappa shape index (κ2) is 7.38. The highest BCUT2D eigenvalue weighted by Crippen LogP contribution is 2.29. The fraction of sp³-hybridized carbons (Fsp3) is 0.350. The summed E-state index contributed by atoms with van der Waals surface area (Å²) in [4.78, 5) is 22.8. The van der Waals surface area contributed by atoms with E-state index in [2.05, 4.69) is 15.3 Å². The Balaban J connectivity index is 1.35. The third-order valence-corrected chi connectivity index (χ3v) is 5.16. The van der Waals surface area contributed by atoms with E-state index in [-0.39, 0.29) is 11.9 Å². The highest BCUT2D eigenvalue weighted by atomic mass is 19.4. The second-order valence-electron chi connectivity index (χ2n) is 7.16. The van der Waals surface area contributed by atoms with E-state index >= 15 is 0 Å². The molecule has 0 unspecified atom stereocenters. The Morgan fingerprint density at radius 3 is 2.55 bits per heavy atom. The number of rotatable bonds is 3. The Hall–Kier alpha value is -3.10. The molecule has 0 aliphatic carbocycles. The van der Waals surface area contributed by atoms with Crippen LogP contribution in [0, 0.1) is 6.92 Å². The number of halogens is 3. The van der Waals surface area contributed by atoms with Crippen molar-refractivity contribution in [2.75, 3.05) is 18.0 Å². The summed E-state index contributed by atoms with van der Waals surface area (Å²) >= 11 is 0. The summed E-state index contributed by atoms with van der Waals surface area (Å²) in [6.07, 6.45) is -0.448. The van der Waals surface area contributed by atoms with Gasteiger partial charge in [-0.1, -0.05) is 6.07 Å². The molecule has 3 aromatic rings. The fourth-order valence-electron chi connectivity index (χ4n) is 3.51. The third kappa shape index (κ3) is 4.03. The van der Waals surface area contributed by atoms with Crippen LogP contribution >= 0.6 is 0 Å². The van der Waals surface area contributed by atoms with Crippen molar-refractivity contribution in [3.8, 4) is 0 Å². The summed E-state index contributed by atoms with van der Waals surface area (Å²) < 4.78 is 39.9. The van der Waals surface area contributed by atoms with Gasteiger partial charge in [0.15, 0.2) is 0 Å². The summed E-state index contributed by atoms with van der Waals surface area (Å²) in [5.41, 5.74) is 1.32. The minimum Gasteiger partial charge on any atom is -0.356 e. The summed E-state index contributed by atoms with van der Waals surface area (Å²) in [6, 6.07) is 8.10. The Labute approximate surface area is 165 Å². The molecule has 3 aromatic heterocycles. The maximum Gasteiger partial charge on any atom is 0.417 e. The highest BCUT2D eigenvalue weighted by Gasteiger charge is 2.31. The van der Waals surface area contributed by atoms with Crippen LogP contribution < -0.4 is 10.2 Å². The standard InChI is InChI=1S/C20H20F3N5O/c1-13-3-2-4-18-26-16(12-28(13)18)19(29)25-15-7-9-27(10-8-15)17-6-5-14(11-24-17)20(21,22)23/h2-6,11-12,15H,7-10H2,1H3,(H,25,29). The van der Waals surface area contributed by atoms with Crippen LogP contribution in [0.5, 0.6) is 0 Å². The van der Waals surface area contributed by atoms with Gasteiger partial charge in [0.05, 0.1) is 5.56 Å². The zero-order valence-electron chi connectivity index (χ0n) is 15.8. The molecule has 0 atom stereocenters. The first-order chi connectivity index (χ1) is 13.8. The lowest BCUT2D eigenvalue weighted by Gasteiger charge is -2.33. The van der Waals surface area contributed by atoms with E-state index in [0.717, 1.165) is 23.6 Å². The summed E-state index contributed by atoms with van der Waals surface area (Å²) in [6.45, 7) is 3.16. The molecule has 4 heterocycles. The van der Waals surface area contributed by atoms with E-state index in [1.165, 1.54) is 6.07 Å². The molecule has 1 aliphatic heterocycles. The van der Waals surface area contributed by atoms with Crippen LogP contribution in [0.2, 0.25) is 0 Å². The van der Waals surface area contributed by atoms with Crippen molar-refractivity contribution in [1.29, 1.82) is 0 Å². The van der Waals surface area contributed by atoms with Crippen molar-refractivity contribution < 1.29 is 18.0 Å². The van der Waals surface area contributed by atoms with Crippen LogP contribution in [0.25, 0.3) is 5.65 Å². The first-order valence-corrected chi connectivity index (χ1v) is 9.35. The predicted molar refractivity (Wildman–Crippen MR) is 102 cm³/mol. The van der Waals surface area contributed by atoms with Gasteiger partial charge in [0.25, 0.3) is 5.91 Å². The lowest BCUT2D eigenvalue weighted by molar-refractivity contribution is -0.137. The molecule has 0 bridgehead atoms. The summed E-state index contributed by atoms with van der Waals surface area (Å²) in [7, 11) is 0. The molecule has 9 heteroatoms. The average Bonchev–Trinajstić information content (AvgIpc) is 3.14. The second-order valence-corrected chi connectivity index (χ2v) is 7.16. The van der Waals surface area contributed by atoms with Crippen molar-refractivity contribution in [3.63, 3.8) is 0 Å².